The monoisotopic (exact) mass is 509 g/mol. The molecule has 0 aliphatic carbocycles. The molecular formula is C26H28FN5O5. The summed E-state index contributed by atoms with van der Waals surface area (Å²) in [6.07, 6.45) is 3.84. The Hall–Kier alpha value is -4.12. The smallest absolute Gasteiger partial charge is 0.274 e. The van der Waals surface area contributed by atoms with E-state index in [1.807, 2.05) is 0 Å². The fraction of sp³-hybridized carbons (Fsp3) is 0.346. The maximum atomic E-state index is 13.4. The first-order valence-corrected chi connectivity index (χ1v) is 12.0. The molecule has 0 saturated carbocycles. The summed E-state index contributed by atoms with van der Waals surface area (Å²) >= 11 is 0. The van der Waals surface area contributed by atoms with Crippen molar-refractivity contribution in [2.75, 3.05) is 13.2 Å². The molecule has 2 atom stereocenters. The zero-order valence-electron chi connectivity index (χ0n) is 20.3. The second-order valence-electron chi connectivity index (χ2n) is 9.07. The number of aromatic nitrogens is 2. The number of hydrogen-bond acceptors (Lipinski definition) is 7. The number of fused-ring (bicyclic) bond motifs is 1. The number of carbonyl (C=O) groups is 3. The van der Waals surface area contributed by atoms with E-state index in [2.05, 4.69) is 25.9 Å². The summed E-state index contributed by atoms with van der Waals surface area (Å²) < 4.78 is 13.3. The van der Waals surface area contributed by atoms with E-state index in [0.29, 0.717) is 24.9 Å². The minimum atomic E-state index is -0.792. The third kappa shape index (κ3) is 6.00. The first kappa shape index (κ1) is 26.0. The number of carbonyl (C=O) groups excluding carboxylic acids is 3. The Morgan fingerprint density at radius 3 is 2.65 bits per heavy atom. The highest BCUT2D eigenvalue weighted by atomic mass is 19.1. The van der Waals surface area contributed by atoms with Crippen molar-refractivity contribution < 1.29 is 29.0 Å². The summed E-state index contributed by atoms with van der Waals surface area (Å²) in [5.41, 5.74) is 0.833. The van der Waals surface area contributed by atoms with Gasteiger partial charge in [-0.05, 0) is 61.9 Å². The van der Waals surface area contributed by atoms with Gasteiger partial charge in [-0.3, -0.25) is 19.4 Å². The molecule has 1 fully saturated rings. The Labute approximate surface area is 212 Å². The van der Waals surface area contributed by atoms with Crippen LogP contribution >= 0.6 is 0 Å². The van der Waals surface area contributed by atoms with Gasteiger partial charge in [0.15, 0.2) is 11.4 Å². The molecule has 3 aromatic rings. The third-order valence-electron chi connectivity index (χ3n) is 6.12. The fourth-order valence-corrected chi connectivity index (χ4v) is 4.12. The summed E-state index contributed by atoms with van der Waals surface area (Å²) in [6.45, 7) is 1.75. The average Bonchev–Trinajstić information content (AvgIpc) is 3.09. The number of halogens is 1. The lowest BCUT2D eigenvalue weighted by Gasteiger charge is -2.17. The van der Waals surface area contributed by atoms with E-state index in [0.717, 1.165) is 18.4 Å². The van der Waals surface area contributed by atoms with E-state index in [9.17, 15) is 29.0 Å². The first-order valence-electron chi connectivity index (χ1n) is 12.0. The van der Waals surface area contributed by atoms with E-state index in [-0.39, 0.29) is 34.9 Å². The molecule has 0 bridgehead atoms. The van der Waals surface area contributed by atoms with Gasteiger partial charge in [0.25, 0.3) is 11.8 Å². The van der Waals surface area contributed by atoms with Crippen LogP contribution in [0.4, 0.5) is 4.39 Å². The molecule has 5 N–H and O–H groups in total. The van der Waals surface area contributed by atoms with Crippen LogP contribution in [-0.2, 0) is 11.2 Å². The molecule has 2 unspecified atom stereocenters. The zero-order chi connectivity index (χ0) is 26.5. The molecule has 2 aromatic heterocycles. The molecule has 1 saturated heterocycles. The van der Waals surface area contributed by atoms with Crippen LogP contribution in [0, 0.1) is 5.82 Å². The average molecular weight is 510 g/mol. The lowest BCUT2D eigenvalue weighted by molar-refractivity contribution is -0.122. The summed E-state index contributed by atoms with van der Waals surface area (Å²) in [5, 5.41) is 28.3. The Balaban J connectivity index is 1.76. The summed E-state index contributed by atoms with van der Waals surface area (Å²) in [4.78, 5) is 47.0. The van der Waals surface area contributed by atoms with E-state index >= 15 is 0 Å². The number of benzene rings is 1. The van der Waals surface area contributed by atoms with Gasteiger partial charge in [-0.25, -0.2) is 9.37 Å². The Kier molecular flexibility index (Phi) is 7.92. The molecule has 1 aliphatic rings. The van der Waals surface area contributed by atoms with Crippen LogP contribution in [0.1, 0.15) is 58.3 Å². The van der Waals surface area contributed by atoms with Crippen molar-refractivity contribution in [2.24, 2.45) is 0 Å². The first-order chi connectivity index (χ1) is 17.8. The summed E-state index contributed by atoms with van der Waals surface area (Å²) in [7, 11) is 0. The highest BCUT2D eigenvalue weighted by Gasteiger charge is 2.28. The maximum absolute atomic E-state index is 13.4. The molecule has 4 rings (SSSR count). The topological polar surface area (TPSA) is 154 Å². The quantitative estimate of drug-likeness (QED) is 0.324. The fourth-order valence-electron chi connectivity index (χ4n) is 4.12. The zero-order valence-corrected chi connectivity index (χ0v) is 20.3. The van der Waals surface area contributed by atoms with Crippen molar-refractivity contribution in [3.8, 4) is 5.75 Å². The number of rotatable bonds is 7. The van der Waals surface area contributed by atoms with Crippen LogP contribution in [-0.4, -0.2) is 63.1 Å². The predicted octanol–water partition coefficient (Wildman–Crippen LogP) is 1.57. The molecule has 1 aliphatic heterocycles. The Morgan fingerprint density at radius 1 is 1.16 bits per heavy atom. The van der Waals surface area contributed by atoms with Crippen molar-refractivity contribution in [2.45, 2.75) is 44.7 Å². The van der Waals surface area contributed by atoms with Gasteiger partial charge in [0.05, 0.1) is 6.61 Å². The van der Waals surface area contributed by atoms with E-state index in [4.69, 9.17) is 0 Å². The lowest BCUT2D eigenvalue weighted by Crippen LogP contribution is -2.45. The minimum Gasteiger partial charge on any atom is -0.504 e. The summed E-state index contributed by atoms with van der Waals surface area (Å²) in [5.74, 6) is -2.68. The van der Waals surface area contributed by atoms with Gasteiger partial charge in [0, 0.05) is 24.2 Å². The van der Waals surface area contributed by atoms with Gasteiger partial charge in [-0.1, -0.05) is 12.1 Å². The van der Waals surface area contributed by atoms with Crippen LogP contribution in [0.3, 0.4) is 0 Å². The minimum absolute atomic E-state index is 0.0184. The largest absolute Gasteiger partial charge is 0.504 e. The third-order valence-corrected chi connectivity index (χ3v) is 6.12. The second kappa shape index (κ2) is 11.3. The molecule has 37 heavy (non-hydrogen) atoms. The highest BCUT2D eigenvalue weighted by Crippen LogP contribution is 2.29. The van der Waals surface area contributed by atoms with Crippen LogP contribution in [0.25, 0.3) is 10.9 Å². The van der Waals surface area contributed by atoms with Crippen LogP contribution in [0.5, 0.6) is 5.75 Å². The van der Waals surface area contributed by atoms with Crippen molar-refractivity contribution in [3.63, 3.8) is 0 Å². The highest BCUT2D eigenvalue weighted by molar-refractivity contribution is 6.10. The SMILES string of the molecule is CC(CO)NC(=O)c1nc(C(=O)NC2CCCCNC2=O)c2cc(Cc3ccc(F)cc3)cnc2c1O. The molecule has 194 valence electrons. The van der Waals surface area contributed by atoms with Gasteiger partial charge in [0.2, 0.25) is 5.91 Å². The molecule has 1 aromatic carbocycles. The van der Waals surface area contributed by atoms with Gasteiger partial charge < -0.3 is 26.2 Å². The van der Waals surface area contributed by atoms with E-state index < -0.39 is 35.3 Å². The number of nitrogens with one attached hydrogen (secondary N) is 3. The van der Waals surface area contributed by atoms with Gasteiger partial charge in [-0.15, -0.1) is 0 Å². The van der Waals surface area contributed by atoms with Crippen LogP contribution in [0.2, 0.25) is 0 Å². The number of aliphatic hydroxyl groups is 1. The van der Waals surface area contributed by atoms with Gasteiger partial charge >= 0.3 is 0 Å². The van der Waals surface area contributed by atoms with Gasteiger partial charge in [-0.2, -0.15) is 0 Å². The maximum Gasteiger partial charge on any atom is 0.274 e. The van der Waals surface area contributed by atoms with E-state index in [1.165, 1.54) is 18.3 Å². The second-order valence-corrected chi connectivity index (χ2v) is 9.07. The number of pyridine rings is 2. The molecular weight excluding hydrogens is 481 g/mol. The molecule has 11 heteroatoms. The Morgan fingerprint density at radius 2 is 1.92 bits per heavy atom. The molecule has 0 spiro atoms. The summed E-state index contributed by atoms with van der Waals surface area (Å²) in [6, 6.07) is 6.16. The van der Waals surface area contributed by atoms with Crippen molar-refractivity contribution in [3.05, 3.63) is 64.9 Å². The molecule has 3 amide bonds. The number of hydrogen-bond donors (Lipinski definition) is 5. The number of aromatic hydroxyl groups is 1. The van der Waals surface area contributed by atoms with Gasteiger partial charge in [0.1, 0.15) is 23.1 Å². The van der Waals surface area contributed by atoms with Crippen LogP contribution in [0.15, 0.2) is 36.5 Å². The normalized spacial score (nSPS) is 16.5. The number of nitrogens with zero attached hydrogens (tertiary/aromatic N) is 2. The van der Waals surface area contributed by atoms with Crippen molar-refractivity contribution in [1.29, 1.82) is 0 Å². The lowest BCUT2D eigenvalue weighted by atomic mass is 10.0. The number of aliphatic hydroxyl groups excluding tert-OH is 1. The van der Waals surface area contributed by atoms with Crippen molar-refractivity contribution >= 4 is 28.6 Å². The molecule has 3 heterocycles. The molecule has 10 nitrogen and oxygen atoms in total. The predicted molar refractivity (Wildman–Crippen MR) is 133 cm³/mol. The standard InChI is InChI=1S/C26H28FN5O5/c1-14(13-33)30-26(37)22-23(34)20-18(11-16(12-29-20)10-15-5-7-17(27)8-6-15)21(32-22)25(36)31-19-4-2-3-9-28-24(19)35/h5-8,11-12,14,19,33-34H,2-4,9-10,13H2,1H3,(H,28,35)(H,30,37)(H,31,36). The molecule has 0 radical (unpaired) electrons. The Bertz CT molecular complexity index is 1330. The number of amides is 3. The van der Waals surface area contributed by atoms with Crippen LogP contribution < -0.4 is 16.0 Å². The van der Waals surface area contributed by atoms with E-state index in [1.54, 1.807) is 25.1 Å². The van der Waals surface area contributed by atoms with Crippen molar-refractivity contribution in [1.82, 2.24) is 25.9 Å².